The van der Waals surface area contributed by atoms with Crippen LogP contribution in [0.1, 0.15) is 6.92 Å². The topological polar surface area (TPSA) is 47.2 Å². The first-order valence-corrected chi connectivity index (χ1v) is 7.21. The number of carbonyl (C=O) groups excluding carboxylic acids is 1. The number of carbonyl (C=O) groups is 1. The third-order valence-corrected chi connectivity index (χ3v) is 4.11. The highest BCUT2D eigenvalue weighted by Crippen LogP contribution is 2.14. The third-order valence-electron chi connectivity index (χ3n) is 4.11. The number of ether oxygens (including phenoxy) is 1. The smallest absolute Gasteiger partial charge is 0.282 e. The van der Waals surface area contributed by atoms with E-state index >= 15 is 0 Å². The van der Waals surface area contributed by atoms with Gasteiger partial charge in [-0.1, -0.05) is 0 Å². The van der Waals surface area contributed by atoms with Gasteiger partial charge in [-0.15, -0.1) is 0 Å². The summed E-state index contributed by atoms with van der Waals surface area (Å²) in [6.07, 6.45) is 0. The van der Waals surface area contributed by atoms with Crippen molar-refractivity contribution < 1.29 is 19.3 Å². The van der Waals surface area contributed by atoms with Crippen LogP contribution in [0.5, 0.6) is 5.75 Å². The number of benzene rings is 1. The van der Waals surface area contributed by atoms with Gasteiger partial charge in [0.05, 0.1) is 14.2 Å². The molecule has 0 aliphatic carbocycles. The number of hydrogen-bond acceptors (Lipinski definition) is 2. The first-order valence-electron chi connectivity index (χ1n) is 7.21. The van der Waals surface area contributed by atoms with Crippen LogP contribution in [0.25, 0.3) is 0 Å². The Morgan fingerprint density at radius 3 is 2.35 bits per heavy atom. The molecule has 1 aromatic carbocycles. The lowest BCUT2D eigenvalue weighted by Crippen LogP contribution is -3.29. The molecule has 5 nitrogen and oxygen atoms in total. The van der Waals surface area contributed by atoms with Crippen molar-refractivity contribution in [3.05, 3.63) is 24.3 Å². The SMILES string of the molecule is COc1ccc(NC(=O)[C@H](C)[NH+]2CC[NH+](C)CC2)cc1. The van der Waals surface area contributed by atoms with Crippen LogP contribution in [0, 0.1) is 0 Å². The van der Waals surface area contributed by atoms with Crippen molar-refractivity contribution in [3.8, 4) is 5.75 Å². The Morgan fingerprint density at radius 2 is 1.80 bits per heavy atom. The largest absolute Gasteiger partial charge is 0.497 e. The fourth-order valence-corrected chi connectivity index (χ4v) is 2.54. The van der Waals surface area contributed by atoms with Gasteiger partial charge >= 0.3 is 0 Å². The number of likely N-dealkylation sites (N-methyl/N-ethyl adjacent to an activating group) is 1. The molecule has 1 aromatic rings. The van der Waals surface area contributed by atoms with Crippen LogP contribution in [0.15, 0.2) is 24.3 Å². The Bertz CT molecular complexity index is 439. The summed E-state index contributed by atoms with van der Waals surface area (Å²) in [6, 6.07) is 7.43. The van der Waals surface area contributed by atoms with E-state index in [4.69, 9.17) is 4.74 Å². The van der Waals surface area contributed by atoms with E-state index < -0.39 is 0 Å². The molecule has 0 radical (unpaired) electrons. The van der Waals surface area contributed by atoms with Crippen molar-refractivity contribution in [3.63, 3.8) is 0 Å². The molecule has 20 heavy (non-hydrogen) atoms. The van der Waals surface area contributed by atoms with E-state index in [1.807, 2.05) is 31.2 Å². The average Bonchev–Trinajstić information content (AvgIpc) is 2.48. The van der Waals surface area contributed by atoms with Crippen LogP contribution in [0.2, 0.25) is 0 Å². The molecule has 0 bridgehead atoms. The highest BCUT2D eigenvalue weighted by Gasteiger charge is 2.29. The number of quaternary nitrogens is 2. The van der Waals surface area contributed by atoms with Gasteiger partial charge < -0.3 is 19.9 Å². The Labute approximate surface area is 120 Å². The van der Waals surface area contributed by atoms with Gasteiger partial charge in [0.2, 0.25) is 0 Å². The molecule has 0 spiro atoms. The van der Waals surface area contributed by atoms with Crippen LogP contribution in [-0.4, -0.2) is 52.3 Å². The Morgan fingerprint density at radius 1 is 1.20 bits per heavy atom. The van der Waals surface area contributed by atoms with Crippen LogP contribution in [0.4, 0.5) is 5.69 Å². The highest BCUT2D eigenvalue weighted by atomic mass is 16.5. The lowest BCUT2D eigenvalue weighted by Gasteiger charge is -2.30. The van der Waals surface area contributed by atoms with Crippen molar-refractivity contribution in [1.82, 2.24) is 0 Å². The van der Waals surface area contributed by atoms with E-state index in [1.165, 1.54) is 4.90 Å². The summed E-state index contributed by atoms with van der Waals surface area (Å²) in [5.74, 6) is 0.883. The number of methoxy groups -OCH3 is 1. The van der Waals surface area contributed by atoms with Gasteiger partial charge in [0.1, 0.15) is 31.9 Å². The van der Waals surface area contributed by atoms with Gasteiger partial charge in [0.15, 0.2) is 6.04 Å². The molecule has 1 heterocycles. The second-order valence-electron chi connectivity index (χ2n) is 5.55. The minimum Gasteiger partial charge on any atom is -0.497 e. The van der Waals surface area contributed by atoms with Gasteiger partial charge in [-0.05, 0) is 31.2 Å². The monoisotopic (exact) mass is 279 g/mol. The minimum absolute atomic E-state index is 0.00907. The zero-order valence-electron chi connectivity index (χ0n) is 12.5. The van der Waals surface area contributed by atoms with E-state index in [2.05, 4.69) is 12.4 Å². The molecule has 3 N–H and O–H groups in total. The molecule has 1 fully saturated rings. The fourth-order valence-electron chi connectivity index (χ4n) is 2.54. The molecule has 0 saturated carbocycles. The molecule has 1 atom stereocenters. The lowest BCUT2D eigenvalue weighted by atomic mass is 10.2. The molecular weight excluding hydrogens is 254 g/mol. The summed E-state index contributed by atoms with van der Waals surface area (Å²) in [5.41, 5.74) is 0.821. The summed E-state index contributed by atoms with van der Waals surface area (Å²) in [6.45, 7) is 6.39. The number of rotatable bonds is 4. The summed E-state index contributed by atoms with van der Waals surface area (Å²) in [4.78, 5) is 15.2. The van der Waals surface area contributed by atoms with Crippen LogP contribution >= 0.6 is 0 Å². The molecule has 1 aliphatic heterocycles. The second-order valence-corrected chi connectivity index (χ2v) is 5.55. The molecular formula is C15H25N3O2+2. The molecule has 110 valence electrons. The Kier molecular flexibility index (Phi) is 4.98. The van der Waals surface area contributed by atoms with Crippen molar-refractivity contribution in [2.24, 2.45) is 0 Å². The molecule has 1 saturated heterocycles. The van der Waals surface area contributed by atoms with E-state index in [9.17, 15) is 4.79 Å². The van der Waals surface area contributed by atoms with E-state index in [0.29, 0.717) is 0 Å². The van der Waals surface area contributed by atoms with E-state index in [1.54, 1.807) is 12.0 Å². The molecule has 0 unspecified atom stereocenters. The van der Waals surface area contributed by atoms with Crippen molar-refractivity contribution in [2.45, 2.75) is 13.0 Å². The minimum atomic E-state index is -0.00907. The van der Waals surface area contributed by atoms with Gasteiger partial charge in [0.25, 0.3) is 5.91 Å². The number of amides is 1. The van der Waals surface area contributed by atoms with Gasteiger partial charge in [0, 0.05) is 5.69 Å². The maximum absolute atomic E-state index is 12.3. The Hall–Kier alpha value is -1.59. The van der Waals surface area contributed by atoms with Crippen LogP contribution in [0.3, 0.4) is 0 Å². The average molecular weight is 279 g/mol. The van der Waals surface area contributed by atoms with E-state index in [-0.39, 0.29) is 11.9 Å². The number of nitrogens with one attached hydrogen (secondary N) is 3. The summed E-state index contributed by atoms with van der Waals surface area (Å²) in [7, 11) is 3.84. The number of hydrogen-bond donors (Lipinski definition) is 3. The molecule has 1 amide bonds. The predicted molar refractivity (Wildman–Crippen MR) is 78.4 cm³/mol. The standard InChI is InChI=1S/C15H23N3O2/c1-12(18-10-8-17(2)9-11-18)15(19)16-13-4-6-14(20-3)7-5-13/h4-7,12H,8-11H2,1-3H3,(H,16,19)/p+2/t12-/m0/s1. The number of anilines is 1. The first kappa shape index (κ1) is 14.8. The summed E-state index contributed by atoms with van der Waals surface area (Å²) < 4.78 is 5.11. The summed E-state index contributed by atoms with van der Waals surface area (Å²) in [5, 5.41) is 2.98. The number of piperazine rings is 1. The third kappa shape index (κ3) is 3.71. The van der Waals surface area contributed by atoms with Crippen molar-refractivity contribution in [1.29, 1.82) is 0 Å². The highest BCUT2D eigenvalue weighted by molar-refractivity contribution is 5.93. The second kappa shape index (κ2) is 6.72. The molecule has 2 rings (SSSR count). The van der Waals surface area contributed by atoms with Crippen LogP contribution < -0.4 is 19.9 Å². The Balaban J connectivity index is 1.89. The lowest BCUT2D eigenvalue weighted by molar-refractivity contribution is -1.01. The maximum Gasteiger partial charge on any atom is 0.282 e. The maximum atomic E-state index is 12.3. The van der Waals surface area contributed by atoms with Crippen molar-refractivity contribution >= 4 is 11.6 Å². The normalized spacial score (nSPS) is 23.9. The zero-order chi connectivity index (χ0) is 14.5. The predicted octanol–water partition coefficient (Wildman–Crippen LogP) is -1.56. The first-order chi connectivity index (χ1) is 9.60. The quantitative estimate of drug-likeness (QED) is 0.624. The molecule has 0 aromatic heterocycles. The van der Waals surface area contributed by atoms with Gasteiger partial charge in [-0.2, -0.15) is 0 Å². The van der Waals surface area contributed by atoms with Crippen molar-refractivity contribution in [2.75, 3.05) is 45.7 Å². The summed E-state index contributed by atoms with van der Waals surface area (Å²) >= 11 is 0. The molecule has 1 aliphatic rings. The van der Waals surface area contributed by atoms with E-state index in [0.717, 1.165) is 37.6 Å². The van der Waals surface area contributed by atoms with Crippen LogP contribution in [-0.2, 0) is 4.79 Å². The fraction of sp³-hybridized carbons (Fsp3) is 0.533. The molecule has 5 heteroatoms. The van der Waals surface area contributed by atoms with Gasteiger partial charge in [-0.3, -0.25) is 4.79 Å². The van der Waals surface area contributed by atoms with Gasteiger partial charge in [-0.25, -0.2) is 0 Å². The zero-order valence-corrected chi connectivity index (χ0v) is 12.5.